The first-order valence-electron chi connectivity index (χ1n) is 6.94. The van der Waals surface area contributed by atoms with Crippen LogP contribution in [0, 0.1) is 5.82 Å². The number of rotatable bonds is 3. The van der Waals surface area contributed by atoms with E-state index in [1.54, 1.807) is 11.0 Å². The van der Waals surface area contributed by atoms with Crippen LogP contribution in [0.3, 0.4) is 0 Å². The van der Waals surface area contributed by atoms with Crippen molar-refractivity contribution in [1.29, 1.82) is 0 Å². The molecule has 0 aromatic heterocycles. The van der Waals surface area contributed by atoms with E-state index in [1.807, 2.05) is 18.2 Å². The highest BCUT2D eigenvalue weighted by atomic mass is 19.1. The molecule has 112 valence electrons. The Morgan fingerprint density at radius 2 is 1.82 bits per heavy atom. The molecule has 22 heavy (non-hydrogen) atoms. The van der Waals surface area contributed by atoms with Crippen LogP contribution in [0.25, 0.3) is 0 Å². The first-order valence-corrected chi connectivity index (χ1v) is 6.94. The second kappa shape index (κ2) is 5.60. The molecule has 0 saturated carbocycles. The van der Waals surface area contributed by atoms with Crippen LogP contribution < -0.4 is 4.90 Å². The molecule has 1 atom stereocenters. The first kappa shape index (κ1) is 14.3. The van der Waals surface area contributed by atoms with Gasteiger partial charge in [-0.1, -0.05) is 18.2 Å². The molecule has 1 aliphatic heterocycles. The van der Waals surface area contributed by atoms with Crippen LogP contribution >= 0.6 is 0 Å². The number of benzene rings is 2. The smallest absolute Gasteiger partial charge is 0.304 e. The average Bonchev–Trinajstić information content (AvgIpc) is 2.86. The molecule has 0 spiro atoms. The van der Waals surface area contributed by atoms with Crippen molar-refractivity contribution in [2.45, 2.75) is 12.3 Å². The lowest BCUT2D eigenvalue weighted by molar-refractivity contribution is -0.137. The molecule has 0 unspecified atom stereocenters. The number of fused-ring (bicyclic) bond motifs is 1. The largest absolute Gasteiger partial charge is 0.481 e. The third kappa shape index (κ3) is 2.57. The van der Waals surface area contributed by atoms with Gasteiger partial charge in [0.15, 0.2) is 0 Å². The number of hydrogen-bond acceptors (Lipinski definition) is 2. The minimum atomic E-state index is -0.893. The maximum Gasteiger partial charge on any atom is 0.304 e. The molecule has 3 rings (SSSR count). The Balaban J connectivity index is 1.93. The third-order valence-electron chi connectivity index (χ3n) is 3.83. The van der Waals surface area contributed by atoms with Crippen LogP contribution in [-0.2, 0) is 4.79 Å². The van der Waals surface area contributed by atoms with Crippen LogP contribution in [0.5, 0.6) is 0 Å². The highest BCUT2D eigenvalue weighted by Crippen LogP contribution is 2.38. The Labute approximate surface area is 126 Å². The highest BCUT2D eigenvalue weighted by molar-refractivity contribution is 6.07. The molecule has 2 aromatic carbocycles. The maximum absolute atomic E-state index is 13.0. The number of aliphatic carboxylic acids is 1. The van der Waals surface area contributed by atoms with E-state index in [9.17, 15) is 14.0 Å². The van der Waals surface area contributed by atoms with Gasteiger partial charge in [0.25, 0.3) is 5.91 Å². The first-order chi connectivity index (χ1) is 10.6. The molecular weight excluding hydrogens is 285 g/mol. The van der Waals surface area contributed by atoms with E-state index in [2.05, 4.69) is 0 Å². The molecule has 5 heteroatoms. The lowest BCUT2D eigenvalue weighted by Gasteiger charge is -2.17. The van der Waals surface area contributed by atoms with Gasteiger partial charge in [-0.25, -0.2) is 4.39 Å². The normalized spacial score (nSPS) is 16.4. The minimum Gasteiger partial charge on any atom is -0.481 e. The van der Waals surface area contributed by atoms with Crippen LogP contribution in [0.2, 0.25) is 0 Å². The summed E-state index contributed by atoms with van der Waals surface area (Å²) in [6.07, 6.45) is -0.0236. The molecule has 0 fully saturated rings. The van der Waals surface area contributed by atoms with E-state index in [0.717, 1.165) is 11.3 Å². The van der Waals surface area contributed by atoms with Gasteiger partial charge in [-0.3, -0.25) is 9.59 Å². The lowest BCUT2D eigenvalue weighted by Crippen LogP contribution is -2.30. The van der Waals surface area contributed by atoms with Crippen molar-refractivity contribution in [2.24, 2.45) is 0 Å². The summed E-state index contributed by atoms with van der Waals surface area (Å²) < 4.78 is 13.0. The number of carboxylic acid groups (broad SMARTS) is 1. The highest BCUT2D eigenvalue weighted by Gasteiger charge is 2.33. The molecular formula is C17H14FNO3. The molecule has 1 heterocycles. The van der Waals surface area contributed by atoms with E-state index in [0.29, 0.717) is 12.1 Å². The Kier molecular flexibility index (Phi) is 3.63. The van der Waals surface area contributed by atoms with Crippen molar-refractivity contribution in [3.8, 4) is 0 Å². The Morgan fingerprint density at radius 1 is 1.14 bits per heavy atom. The fourth-order valence-corrected chi connectivity index (χ4v) is 2.82. The number of carboxylic acids is 1. The number of para-hydroxylation sites is 1. The van der Waals surface area contributed by atoms with Crippen molar-refractivity contribution in [1.82, 2.24) is 0 Å². The number of nitrogens with zero attached hydrogens (tertiary/aromatic N) is 1. The van der Waals surface area contributed by atoms with Crippen LogP contribution in [0.15, 0.2) is 48.5 Å². The second-order valence-corrected chi connectivity index (χ2v) is 5.28. The Morgan fingerprint density at radius 3 is 2.50 bits per heavy atom. The van der Waals surface area contributed by atoms with Crippen molar-refractivity contribution in [2.75, 3.05) is 11.4 Å². The number of halogens is 1. The van der Waals surface area contributed by atoms with Crippen LogP contribution in [0.4, 0.5) is 10.1 Å². The number of hydrogen-bond donors (Lipinski definition) is 1. The summed E-state index contributed by atoms with van der Waals surface area (Å²) in [5.41, 5.74) is 1.97. The van der Waals surface area contributed by atoms with Gasteiger partial charge < -0.3 is 10.0 Å². The zero-order valence-electron chi connectivity index (χ0n) is 11.7. The average molecular weight is 299 g/mol. The predicted molar refractivity (Wildman–Crippen MR) is 79.5 cm³/mol. The summed E-state index contributed by atoms with van der Waals surface area (Å²) in [5.74, 6) is -1.77. The van der Waals surface area contributed by atoms with Crippen molar-refractivity contribution in [3.05, 3.63) is 65.5 Å². The van der Waals surface area contributed by atoms with Crippen LogP contribution in [-0.4, -0.2) is 23.5 Å². The van der Waals surface area contributed by atoms with Gasteiger partial charge in [-0.2, -0.15) is 0 Å². The maximum atomic E-state index is 13.0. The quantitative estimate of drug-likeness (QED) is 0.947. The fraction of sp³-hybridized carbons (Fsp3) is 0.176. The van der Waals surface area contributed by atoms with Gasteiger partial charge in [0.1, 0.15) is 5.82 Å². The standard InChI is InChI=1S/C17H14FNO3/c18-13-7-5-11(6-8-13)17(22)19-10-12(9-16(20)21)14-3-1-2-4-15(14)19/h1-8,12H,9-10H2,(H,20,21)/t12-/m1/s1. The number of carbonyl (C=O) groups excluding carboxylic acids is 1. The lowest BCUT2D eigenvalue weighted by atomic mass is 9.98. The molecule has 1 amide bonds. The van der Waals surface area contributed by atoms with Crippen molar-refractivity contribution >= 4 is 17.6 Å². The molecule has 0 saturated heterocycles. The molecule has 4 nitrogen and oxygen atoms in total. The number of amides is 1. The minimum absolute atomic E-state index is 0.0236. The summed E-state index contributed by atoms with van der Waals surface area (Å²) in [7, 11) is 0. The second-order valence-electron chi connectivity index (χ2n) is 5.28. The van der Waals surface area contributed by atoms with E-state index in [1.165, 1.54) is 24.3 Å². The van der Waals surface area contributed by atoms with Gasteiger partial charge in [-0.15, -0.1) is 0 Å². The van der Waals surface area contributed by atoms with E-state index in [4.69, 9.17) is 5.11 Å². The van der Waals surface area contributed by atoms with E-state index < -0.39 is 11.8 Å². The summed E-state index contributed by atoms with van der Waals surface area (Å²) in [4.78, 5) is 25.2. The topological polar surface area (TPSA) is 57.6 Å². The monoisotopic (exact) mass is 299 g/mol. The molecule has 0 aliphatic carbocycles. The summed E-state index contributed by atoms with van der Waals surface area (Å²) in [6, 6.07) is 12.6. The van der Waals surface area contributed by atoms with Gasteiger partial charge in [0.2, 0.25) is 0 Å². The number of anilines is 1. The zero-order valence-corrected chi connectivity index (χ0v) is 11.7. The van der Waals surface area contributed by atoms with Crippen molar-refractivity contribution in [3.63, 3.8) is 0 Å². The molecule has 1 aliphatic rings. The van der Waals surface area contributed by atoms with Gasteiger partial charge >= 0.3 is 5.97 Å². The Hall–Kier alpha value is -2.69. The SMILES string of the molecule is O=C(O)C[C@@H]1CN(C(=O)c2ccc(F)cc2)c2ccccc21. The van der Waals surface area contributed by atoms with Gasteiger partial charge in [-0.05, 0) is 35.9 Å². The predicted octanol–water partition coefficient (Wildman–Crippen LogP) is 3.04. The summed E-state index contributed by atoms with van der Waals surface area (Å²) in [5, 5.41) is 9.03. The van der Waals surface area contributed by atoms with Crippen LogP contribution in [0.1, 0.15) is 28.3 Å². The van der Waals surface area contributed by atoms with E-state index in [-0.39, 0.29) is 18.2 Å². The zero-order chi connectivity index (χ0) is 15.7. The fourth-order valence-electron chi connectivity index (χ4n) is 2.82. The van der Waals surface area contributed by atoms with E-state index >= 15 is 0 Å². The Bertz CT molecular complexity index is 727. The number of carbonyl (C=O) groups is 2. The van der Waals surface area contributed by atoms with Gasteiger partial charge in [0.05, 0.1) is 6.42 Å². The summed E-state index contributed by atoms with van der Waals surface area (Å²) >= 11 is 0. The molecule has 1 N–H and O–H groups in total. The molecule has 0 bridgehead atoms. The van der Waals surface area contributed by atoms with Crippen molar-refractivity contribution < 1.29 is 19.1 Å². The summed E-state index contributed by atoms with van der Waals surface area (Å²) in [6.45, 7) is 0.321. The third-order valence-corrected chi connectivity index (χ3v) is 3.83. The molecule has 2 aromatic rings. The molecule has 0 radical (unpaired) electrons. The van der Waals surface area contributed by atoms with Gasteiger partial charge in [0, 0.05) is 23.7 Å².